The van der Waals surface area contributed by atoms with Gasteiger partial charge in [0.05, 0.1) is 13.0 Å². The molecule has 1 aromatic carbocycles. The highest BCUT2D eigenvalue weighted by molar-refractivity contribution is 5.80. The van der Waals surface area contributed by atoms with Gasteiger partial charge < -0.3 is 19.8 Å². The number of carbonyl (C=O) groups excluding carboxylic acids is 1. The molecule has 0 amide bonds. The Bertz CT molecular complexity index is 580. The predicted octanol–water partition coefficient (Wildman–Crippen LogP) is 2.28. The van der Waals surface area contributed by atoms with Gasteiger partial charge in [-0.3, -0.25) is 9.59 Å². The Morgan fingerprint density at radius 3 is 2.17 bits per heavy atom. The van der Waals surface area contributed by atoms with Gasteiger partial charge in [0.25, 0.3) is 0 Å². The van der Waals surface area contributed by atoms with Crippen LogP contribution in [0.4, 0.5) is 4.79 Å². The van der Waals surface area contributed by atoms with Crippen molar-refractivity contribution in [1.29, 1.82) is 0 Å². The third-order valence-electron chi connectivity index (χ3n) is 2.76. The topological polar surface area (TPSA) is 113 Å². The number of hydrogen-bond acceptors (Lipinski definition) is 6. The Morgan fingerprint density at radius 1 is 1.12 bits per heavy atom. The molecule has 0 fully saturated rings. The average Bonchev–Trinajstić information content (AvgIpc) is 2.42. The molecule has 0 spiro atoms. The summed E-state index contributed by atoms with van der Waals surface area (Å²) in [6, 6.07) is 7.09. The normalized spacial score (nSPS) is 12.5. The van der Waals surface area contributed by atoms with Crippen molar-refractivity contribution in [3.05, 3.63) is 35.9 Å². The Kier molecular flexibility index (Phi) is 6.72. The fourth-order valence-electron chi connectivity index (χ4n) is 1.81. The van der Waals surface area contributed by atoms with E-state index in [0.717, 1.165) is 5.06 Å². The zero-order valence-electron chi connectivity index (χ0n) is 13.8. The molecule has 1 aromatic rings. The maximum atomic E-state index is 11.8. The van der Waals surface area contributed by atoms with Crippen molar-refractivity contribution in [3.63, 3.8) is 0 Å². The van der Waals surface area contributed by atoms with E-state index in [1.165, 1.54) is 0 Å². The van der Waals surface area contributed by atoms with Crippen molar-refractivity contribution in [2.45, 2.75) is 45.4 Å². The Morgan fingerprint density at radius 2 is 1.71 bits per heavy atom. The number of ether oxygens (including phenoxy) is 1. The van der Waals surface area contributed by atoms with Gasteiger partial charge in [-0.1, -0.05) is 30.3 Å². The fourth-order valence-corrected chi connectivity index (χ4v) is 1.81. The molecule has 8 nitrogen and oxygen atoms in total. The van der Waals surface area contributed by atoms with E-state index in [1.54, 1.807) is 51.1 Å². The highest BCUT2D eigenvalue weighted by Gasteiger charge is 2.33. The summed E-state index contributed by atoms with van der Waals surface area (Å²) in [6.07, 6.45) is -1.83. The smallest absolute Gasteiger partial charge is 0.481 e. The van der Waals surface area contributed by atoms with Gasteiger partial charge in [0, 0.05) is 0 Å². The predicted molar refractivity (Wildman–Crippen MR) is 83.0 cm³/mol. The lowest BCUT2D eigenvalue weighted by Gasteiger charge is -2.27. The van der Waals surface area contributed by atoms with E-state index in [2.05, 4.69) is 0 Å². The molecule has 0 aliphatic rings. The van der Waals surface area contributed by atoms with E-state index in [-0.39, 0.29) is 6.54 Å². The highest BCUT2D eigenvalue weighted by Crippen LogP contribution is 2.15. The van der Waals surface area contributed by atoms with Gasteiger partial charge in [-0.25, -0.2) is 4.79 Å². The van der Waals surface area contributed by atoms with Crippen LogP contribution in [0, 0.1) is 0 Å². The van der Waals surface area contributed by atoms with Crippen LogP contribution in [0.1, 0.15) is 32.8 Å². The van der Waals surface area contributed by atoms with Gasteiger partial charge in [-0.05, 0) is 26.3 Å². The molecule has 132 valence electrons. The largest absolute Gasteiger partial charge is 0.528 e. The zero-order chi connectivity index (χ0) is 18.3. The molecule has 0 saturated carbocycles. The van der Waals surface area contributed by atoms with Crippen LogP contribution < -0.4 is 0 Å². The molecule has 0 saturated heterocycles. The molecule has 0 aliphatic carbocycles. The third kappa shape index (κ3) is 7.10. The van der Waals surface area contributed by atoms with E-state index >= 15 is 0 Å². The first-order valence-electron chi connectivity index (χ1n) is 7.24. The average molecular weight is 339 g/mol. The van der Waals surface area contributed by atoms with Gasteiger partial charge in [0.15, 0.2) is 6.04 Å². The zero-order valence-corrected chi connectivity index (χ0v) is 13.8. The summed E-state index contributed by atoms with van der Waals surface area (Å²) in [4.78, 5) is 39.1. The van der Waals surface area contributed by atoms with Crippen LogP contribution in [-0.4, -0.2) is 45.0 Å². The molecule has 0 radical (unpaired) electrons. The summed E-state index contributed by atoms with van der Waals surface area (Å²) >= 11 is 0. The summed E-state index contributed by atoms with van der Waals surface area (Å²) in [6.45, 7) is 4.79. The first kappa shape index (κ1) is 19.4. The molecule has 0 bridgehead atoms. The SMILES string of the molecule is CC(C)(C)OC(=O)ON(Cc1ccccc1)[C@@H](CC(=O)O)C(=O)O. The quantitative estimate of drug-likeness (QED) is 0.574. The maximum Gasteiger partial charge on any atom is 0.528 e. The van der Waals surface area contributed by atoms with Crippen LogP contribution in [0.15, 0.2) is 30.3 Å². The van der Waals surface area contributed by atoms with Crippen molar-refractivity contribution in [3.8, 4) is 0 Å². The lowest BCUT2D eigenvalue weighted by molar-refractivity contribution is -0.192. The van der Waals surface area contributed by atoms with E-state index in [4.69, 9.17) is 14.7 Å². The van der Waals surface area contributed by atoms with Crippen LogP contribution in [0.25, 0.3) is 0 Å². The summed E-state index contributed by atoms with van der Waals surface area (Å²) in [7, 11) is 0. The summed E-state index contributed by atoms with van der Waals surface area (Å²) in [5.41, 5.74) is -0.182. The first-order chi connectivity index (χ1) is 11.1. The van der Waals surface area contributed by atoms with Crippen molar-refractivity contribution >= 4 is 18.1 Å². The molecule has 0 aromatic heterocycles. The van der Waals surface area contributed by atoms with Crippen LogP contribution >= 0.6 is 0 Å². The monoisotopic (exact) mass is 339 g/mol. The summed E-state index contributed by atoms with van der Waals surface area (Å²) < 4.78 is 5.00. The number of carboxylic acid groups (broad SMARTS) is 2. The van der Waals surface area contributed by atoms with Crippen LogP contribution in [0.3, 0.4) is 0 Å². The second-order valence-corrected chi connectivity index (χ2v) is 6.07. The number of benzene rings is 1. The Balaban J connectivity index is 2.98. The number of carbonyl (C=O) groups is 3. The maximum absolute atomic E-state index is 11.8. The first-order valence-corrected chi connectivity index (χ1v) is 7.24. The van der Waals surface area contributed by atoms with Gasteiger partial charge in [0.2, 0.25) is 0 Å². The standard InChI is InChI=1S/C16H21NO7/c1-16(2,3)23-15(22)24-17(10-11-7-5-4-6-8-11)12(14(20)21)9-13(18)19/h4-8,12H,9-10H2,1-3H3,(H,18,19)(H,20,21)/t12-/m0/s1. The molecule has 1 rings (SSSR count). The van der Waals surface area contributed by atoms with Gasteiger partial charge >= 0.3 is 18.1 Å². The second-order valence-electron chi connectivity index (χ2n) is 6.07. The number of hydrogen-bond donors (Lipinski definition) is 2. The second kappa shape index (κ2) is 8.30. The van der Waals surface area contributed by atoms with E-state index < -0.39 is 36.2 Å². The molecule has 24 heavy (non-hydrogen) atoms. The minimum Gasteiger partial charge on any atom is -0.481 e. The van der Waals surface area contributed by atoms with E-state index in [0.29, 0.717) is 5.56 Å². The summed E-state index contributed by atoms with van der Waals surface area (Å²) in [5, 5.41) is 19.0. The molecular formula is C16H21NO7. The van der Waals surface area contributed by atoms with Crippen molar-refractivity contribution in [2.24, 2.45) is 0 Å². The summed E-state index contributed by atoms with van der Waals surface area (Å²) in [5.74, 6) is -2.75. The molecule has 2 N–H and O–H groups in total. The lowest BCUT2D eigenvalue weighted by Crippen LogP contribution is -2.44. The number of aliphatic carboxylic acids is 2. The van der Waals surface area contributed by atoms with Gasteiger partial charge in [-0.2, -0.15) is 0 Å². The van der Waals surface area contributed by atoms with Crippen LogP contribution in [0.2, 0.25) is 0 Å². The number of rotatable bonds is 7. The number of nitrogens with zero attached hydrogens (tertiary/aromatic N) is 1. The van der Waals surface area contributed by atoms with Crippen molar-refractivity contribution in [1.82, 2.24) is 5.06 Å². The van der Waals surface area contributed by atoms with Gasteiger partial charge in [-0.15, -0.1) is 5.06 Å². The van der Waals surface area contributed by atoms with Gasteiger partial charge in [0.1, 0.15) is 5.60 Å². The minimum atomic E-state index is -1.55. The van der Waals surface area contributed by atoms with Crippen LogP contribution in [0.5, 0.6) is 0 Å². The third-order valence-corrected chi connectivity index (χ3v) is 2.76. The minimum absolute atomic E-state index is 0.0929. The molecule has 8 heteroatoms. The number of hydroxylamine groups is 2. The van der Waals surface area contributed by atoms with E-state index in [1.807, 2.05) is 0 Å². The molecule has 0 unspecified atom stereocenters. The highest BCUT2D eigenvalue weighted by atomic mass is 16.8. The molecule has 0 aliphatic heterocycles. The molecule has 1 atom stereocenters. The van der Waals surface area contributed by atoms with E-state index in [9.17, 15) is 19.5 Å². The Labute approximate surface area is 139 Å². The number of carboxylic acids is 2. The van der Waals surface area contributed by atoms with Crippen LogP contribution in [-0.2, 0) is 25.7 Å². The lowest BCUT2D eigenvalue weighted by atomic mass is 10.1. The van der Waals surface area contributed by atoms with Crippen molar-refractivity contribution < 1.29 is 34.2 Å². The Hall–Kier alpha value is -2.61. The fraction of sp³-hybridized carbons (Fsp3) is 0.438. The molecule has 0 heterocycles. The molecular weight excluding hydrogens is 318 g/mol. The van der Waals surface area contributed by atoms with Crippen molar-refractivity contribution in [2.75, 3.05) is 0 Å².